The molecule has 0 aliphatic rings. The van der Waals surface area contributed by atoms with Gasteiger partial charge < -0.3 is 9.30 Å². The van der Waals surface area contributed by atoms with Gasteiger partial charge in [-0.1, -0.05) is 6.07 Å². The Hall–Kier alpha value is -2.63. The second-order valence-electron chi connectivity index (χ2n) is 5.47. The molecule has 6 heteroatoms. The first-order valence-electron chi connectivity index (χ1n) is 7.43. The molecule has 0 N–H and O–H groups in total. The van der Waals surface area contributed by atoms with Gasteiger partial charge in [0.05, 0.1) is 4.92 Å². The van der Waals surface area contributed by atoms with Gasteiger partial charge in [-0.15, -0.1) is 0 Å². The summed E-state index contributed by atoms with van der Waals surface area (Å²) in [5.41, 5.74) is 3.13. The van der Waals surface area contributed by atoms with E-state index in [2.05, 4.69) is 0 Å². The van der Waals surface area contributed by atoms with Crippen LogP contribution in [0.3, 0.4) is 0 Å². The van der Waals surface area contributed by atoms with E-state index in [1.165, 1.54) is 12.1 Å². The predicted octanol–water partition coefficient (Wildman–Crippen LogP) is 3.60. The van der Waals surface area contributed by atoms with Crippen LogP contribution in [0, 0.1) is 30.9 Å². The van der Waals surface area contributed by atoms with Crippen molar-refractivity contribution in [2.75, 3.05) is 6.61 Å². The molecule has 0 aliphatic carbocycles. The first kappa shape index (κ1) is 16.7. The highest BCUT2D eigenvalue weighted by atomic mass is 16.6. The lowest BCUT2D eigenvalue weighted by Crippen LogP contribution is -2.13. The van der Waals surface area contributed by atoms with E-state index in [0.717, 1.165) is 23.5 Å². The van der Waals surface area contributed by atoms with Gasteiger partial charge in [-0.3, -0.25) is 14.9 Å². The summed E-state index contributed by atoms with van der Waals surface area (Å²) >= 11 is 0. The van der Waals surface area contributed by atoms with Gasteiger partial charge in [-0.25, -0.2) is 0 Å². The third kappa shape index (κ3) is 3.41. The number of hydrogen-bond donors (Lipinski definition) is 0. The Morgan fingerprint density at radius 1 is 1.26 bits per heavy atom. The number of nitro groups is 1. The Morgan fingerprint density at radius 2 is 1.96 bits per heavy atom. The van der Waals surface area contributed by atoms with E-state index in [0.29, 0.717) is 5.56 Å². The van der Waals surface area contributed by atoms with Crippen molar-refractivity contribution in [3.63, 3.8) is 0 Å². The Bertz CT molecular complexity index is 762. The molecule has 0 fully saturated rings. The van der Waals surface area contributed by atoms with Crippen LogP contribution in [0.15, 0.2) is 24.3 Å². The second kappa shape index (κ2) is 6.64. The van der Waals surface area contributed by atoms with Gasteiger partial charge in [0.15, 0.2) is 12.4 Å². The van der Waals surface area contributed by atoms with Gasteiger partial charge in [-0.2, -0.15) is 0 Å². The number of aromatic nitrogens is 1. The van der Waals surface area contributed by atoms with Gasteiger partial charge in [-0.05, 0) is 45.4 Å². The van der Waals surface area contributed by atoms with E-state index < -0.39 is 4.92 Å². The highest BCUT2D eigenvalue weighted by Crippen LogP contribution is 2.28. The Balaban J connectivity index is 2.19. The van der Waals surface area contributed by atoms with Gasteiger partial charge >= 0.3 is 5.69 Å². The maximum Gasteiger partial charge on any atom is 0.311 e. The zero-order valence-corrected chi connectivity index (χ0v) is 13.8. The lowest BCUT2D eigenvalue weighted by atomic mass is 10.1. The van der Waals surface area contributed by atoms with Crippen molar-refractivity contribution in [3.8, 4) is 5.75 Å². The number of ketones is 1. The van der Waals surface area contributed by atoms with Crippen molar-refractivity contribution in [1.29, 1.82) is 0 Å². The Labute approximate surface area is 134 Å². The monoisotopic (exact) mass is 316 g/mol. The van der Waals surface area contributed by atoms with Crippen LogP contribution in [0.4, 0.5) is 5.69 Å². The number of hydrogen-bond acceptors (Lipinski definition) is 4. The predicted molar refractivity (Wildman–Crippen MR) is 87.2 cm³/mol. The number of ether oxygens (including phenoxy) is 1. The van der Waals surface area contributed by atoms with E-state index >= 15 is 0 Å². The van der Waals surface area contributed by atoms with E-state index in [9.17, 15) is 14.9 Å². The molecule has 0 bridgehead atoms. The molecule has 122 valence electrons. The van der Waals surface area contributed by atoms with Gasteiger partial charge in [0.1, 0.15) is 0 Å². The summed E-state index contributed by atoms with van der Waals surface area (Å²) < 4.78 is 7.45. The van der Waals surface area contributed by atoms with Gasteiger partial charge in [0, 0.05) is 29.6 Å². The average molecular weight is 316 g/mol. The number of carbonyl (C=O) groups is 1. The van der Waals surface area contributed by atoms with Crippen LogP contribution >= 0.6 is 0 Å². The summed E-state index contributed by atoms with van der Waals surface area (Å²) in [7, 11) is 0. The molecule has 0 spiro atoms. The summed E-state index contributed by atoms with van der Waals surface area (Å²) in [5.74, 6) is -0.0778. The Kier molecular flexibility index (Phi) is 4.83. The third-order valence-electron chi connectivity index (χ3n) is 3.86. The third-order valence-corrected chi connectivity index (χ3v) is 3.86. The summed E-state index contributed by atoms with van der Waals surface area (Å²) in [5, 5.41) is 11.1. The van der Waals surface area contributed by atoms with Crippen LogP contribution in [0.2, 0.25) is 0 Å². The van der Waals surface area contributed by atoms with Crippen LogP contribution < -0.4 is 4.74 Å². The molecule has 2 rings (SSSR count). The smallest absolute Gasteiger partial charge is 0.311 e. The van der Waals surface area contributed by atoms with Crippen LogP contribution in [0.5, 0.6) is 5.75 Å². The number of carbonyl (C=O) groups excluding carboxylic acids is 1. The number of benzene rings is 1. The molecule has 1 heterocycles. The first-order valence-corrected chi connectivity index (χ1v) is 7.43. The summed E-state index contributed by atoms with van der Waals surface area (Å²) in [4.78, 5) is 22.9. The number of aryl methyl sites for hydroxylation is 2. The molecule has 0 saturated carbocycles. The van der Waals surface area contributed by atoms with Crippen LogP contribution in [-0.4, -0.2) is 21.9 Å². The lowest BCUT2D eigenvalue weighted by Gasteiger charge is -2.08. The topological polar surface area (TPSA) is 74.4 Å². The molecular weight excluding hydrogens is 296 g/mol. The SMILES string of the molecule is CCn1c(C)cc(C(=O)COc2ccc(C)cc2[N+](=O)[O-])c1C. The van der Waals surface area contributed by atoms with Crippen molar-refractivity contribution in [3.05, 3.63) is 56.9 Å². The van der Waals surface area contributed by atoms with Crippen molar-refractivity contribution >= 4 is 11.5 Å². The maximum atomic E-state index is 12.4. The molecule has 0 saturated heterocycles. The molecule has 6 nitrogen and oxygen atoms in total. The van der Waals surface area contributed by atoms with Crippen molar-refractivity contribution in [2.45, 2.75) is 34.2 Å². The summed E-state index contributed by atoms with van der Waals surface area (Å²) in [6.45, 7) is 8.17. The minimum atomic E-state index is -0.504. The summed E-state index contributed by atoms with van der Waals surface area (Å²) in [6, 6.07) is 6.50. The molecule has 23 heavy (non-hydrogen) atoms. The standard InChI is InChI=1S/C17H20N2O4/c1-5-18-12(3)9-14(13(18)4)16(20)10-23-17-7-6-11(2)8-15(17)19(21)22/h6-9H,5,10H2,1-4H3. The van der Waals surface area contributed by atoms with E-state index in [4.69, 9.17) is 4.74 Å². The first-order chi connectivity index (χ1) is 10.8. The largest absolute Gasteiger partial charge is 0.478 e. The fraction of sp³-hybridized carbons (Fsp3) is 0.353. The van der Waals surface area contributed by atoms with Gasteiger partial charge in [0.2, 0.25) is 5.78 Å². The molecule has 1 aromatic heterocycles. The highest BCUT2D eigenvalue weighted by Gasteiger charge is 2.19. The van der Waals surface area contributed by atoms with Crippen molar-refractivity contribution in [2.24, 2.45) is 0 Å². The van der Waals surface area contributed by atoms with Crippen LogP contribution in [0.25, 0.3) is 0 Å². The average Bonchev–Trinajstić information content (AvgIpc) is 2.79. The molecule has 1 aromatic carbocycles. The quantitative estimate of drug-likeness (QED) is 0.463. The zero-order valence-electron chi connectivity index (χ0n) is 13.8. The molecule has 0 unspecified atom stereocenters. The summed E-state index contributed by atoms with van der Waals surface area (Å²) in [6.07, 6.45) is 0. The second-order valence-corrected chi connectivity index (χ2v) is 5.47. The number of Topliss-reactive ketones (excluding diaryl/α,β-unsaturated/α-hetero) is 1. The fourth-order valence-corrected chi connectivity index (χ4v) is 2.68. The lowest BCUT2D eigenvalue weighted by molar-refractivity contribution is -0.385. The number of rotatable bonds is 6. The zero-order chi connectivity index (χ0) is 17.1. The van der Waals surface area contributed by atoms with Crippen molar-refractivity contribution < 1.29 is 14.5 Å². The normalized spacial score (nSPS) is 10.6. The van der Waals surface area contributed by atoms with Gasteiger partial charge in [0.25, 0.3) is 0 Å². The minimum absolute atomic E-state index is 0.109. The van der Waals surface area contributed by atoms with E-state index in [-0.39, 0.29) is 23.8 Å². The van der Waals surface area contributed by atoms with Crippen LogP contribution in [0.1, 0.15) is 34.2 Å². The molecular formula is C17H20N2O4. The molecule has 0 amide bonds. The fourth-order valence-electron chi connectivity index (χ4n) is 2.68. The van der Waals surface area contributed by atoms with E-state index in [1.54, 1.807) is 13.0 Å². The van der Waals surface area contributed by atoms with E-state index in [1.807, 2.05) is 31.4 Å². The Morgan fingerprint density at radius 3 is 2.52 bits per heavy atom. The maximum absolute atomic E-state index is 12.4. The molecule has 0 atom stereocenters. The highest BCUT2D eigenvalue weighted by molar-refractivity contribution is 5.98. The minimum Gasteiger partial charge on any atom is -0.478 e. The van der Waals surface area contributed by atoms with Crippen molar-refractivity contribution in [1.82, 2.24) is 4.57 Å². The molecule has 2 aromatic rings. The molecule has 0 radical (unpaired) electrons. The number of nitrogens with zero attached hydrogens (tertiary/aromatic N) is 2. The number of nitro benzene ring substituents is 1. The molecule has 0 aliphatic heterocycles. The van der Waals surface area contributed by atoms with Crippen LogP contribution in [-0.2, 0) is 6.54 Å².